The Bertz CT molecular complexity index is 975. The number of hydrogen-bond acceptors (Lipinski definition) is 5. The van der Waals surface area contributed by atoms with Gasteiger partial charge in [0.15, 0.2) is 11.0 Å². The third kappa shape index (κ3) is 3.25. The fraction of sp³-hybridized carbons (Fsp3) is 0.176. The van der Waals surface area contributed by atoms with E-state index >= 15 is 0 Å². The van der Waals surface area contributed by atoms with Crippen molar-refractivity contribution < 1.29 is 0 Å². The van der Waals surface area contributed by atoms with Crippen LogP contribution < -0.4 is 0 Å². The maximum absolute atomic E-state index is 5.97. The first-order chi connectivity index (χ1) is 12.2. The van der Waals surface area contributed by atoms with Gasteiger partial charge < -0.3 is 4.57 Å². The number of rotatable bonds is 5. The van der Waals surface area contributed by atoms with Gasteiger partial charge in [-0.25, -0.2) is 9.97 Å². The molecule has 0 aliphatic carbocycles. The van der Waals surface area contributed by atoms with E-state index in [0.717, 1.165) is 28.8 Å². The van der Waals surface area contributed by atoms with E-state index in [2.05, 4.69) is 31.7 Å². The van der Waals surface area contributed by atoms with Crippen molar-refractivity contribution in [1.29, 1.82) is 0 Å². The number of imidazole rings is 1. The van der Waals surface area contributed by atoms with E-state index in [1.165, 1.54) is 0 Å². The second kappa shape index (κ2) is 6.85. The van der Waals surface area contributed by atoms with E-state index in [1.54, 1.807) is 18.0 Å². The molecule has 0 atom stereocenters. The number of nitrogens with zero attached hydrogens (tertiary/aromatic N) is 6. The molecule has 4 aromatic rings. The van der Waals surface area contributed by atoms with E-state index in [4.69, 9.17) is 11.6 Å². The van der Waals surface area contributed by atoms with Crippen molar-refractivity contribution in [3.05, 3.63) is 59.6 Å². The highest BCUT2D eigenvalue weighted by Gasteiger charge is 2.14. The molecular weight excluding hydrogens is 356 g/mol. The summed E-state index contributed by atoms with van der Waals surface area (Å²) in [6, 6.07) is 9.53. The molecule has 0 fully saturated rings. The summed E-state index contributed by atoms with van der Waals surface area (Å²) in [5.41, 5.74) is 1.96. The van der Waals surface area contributed by atoms with Crippen molar-refractivity contribution in [3.8, 4) is 11.4 Å². The van der Waals surface area contributed by atoms with Gasteiger partial charge in [-0.3, -0.25) is 4.40 Å². The molecule has 6 nitrogen and oxygen atoms in total. The molecule has 25 heavy (non-hydrogen) atoms. The number of thioether (sulfide) groups is 1. The first kappa shape index (κ1) is 16.1. The van der Waals surface area contributed by atoms with Crippen molar-refractivity contribution in [2.75, 3.05) is 0 Å². The van der Waals surface area contributed by atoms with Crippen molar-refractivity contribution in [2.24, 2.45) is 0 Å². The monoisotopic (exact) mass is 370 g/mol. The normalized spacial score (nSPS) is 11.3. The number of benzene rings is 1. The lowest BCUT2D eigenvalue weighted by Gasteiger charge is -2.06. The summed E-state index contributed by atoms with van der Waals surface area (Å²) < 4.78 is 4.02. The van der Waals surface area contributed by atoms with Crippen LogP contribution >= 0.6 is 23.4 Å². The molecule has 0 spiro atoms. The molecule has 1 aromatic carbocycles. The second-order valence-corrected chi connectivity index (χ2v) is 6.78. The lowest BCUT2D eigenvalue weighted by molar-refractivity contribution is 0.687. The van der Waals surface area contributed by atoms with Crippen LogP contribution in [0.3, 0.4) is 0 Å². The van der Waals surface area contributed by atoms with Gasteiger partial charge in [-0.05, 0) is 37.3 Å². The highest BCUT2D eigenvalue weighted by atomic mass is 35.5. The molecule has 0 saturated carbocycles. The summed E-state index contributed by atoms with van der Waals surface area (Å²) >= 11 is 7.59. The fourth-order valence-electron chi connectivity index (χ4n) is 2.58. The summed E-state index contributed by atoms with van der Waals surface area (Å²) in [7, 11) is 0. The molecule has 3 aromatic heterocycles. The molecule has 0 N–H and O–H groups in total. The molecule has 8 heteroatoms. The van der Waals surface area contributed by atoms with Crippen LogP contribution in [0.5, 0.6) is 0 Å². The third-order valence-electron chi connectivity index (χ3n) is 3.77. The summed E-state index contributed by atoms with van der Waals surface area (Å²) in [5.74, 6) is 2.26. The van der Waals surface area contributed by atoms with Crippen molar-refractivity contribution in [3.63, 3.8) is 0 Å². The van der Waals surface area contributed by atoms with Gasteiger partial charge in [0.25, 0.3) is 0 Å². The molecule has 0 bridgehead atoms. The Kier molecular flexibility index (Phi) is 4.42. The molecule has 0 unspecified atom stereocenters. The Labute approximate surface area is 153 Å². The smallest absolute Gasteiger partial charge is 0.233 e. The summed E-state index contributed by atoms with van der Waals surface area (Å²) in [4.78, 5) is 8.76. The lowest BCUT2D eigenvalue weighted by atomic mass is 10.2. The summed E-state index contributed by atoms with van der Waals surface area (Å²) in [6.45, 7) is 2.88. The van der Waals surface area contributed by atoms with Crippen molar-refractivity contribution in [2.45, 2.75) is 24.4 Å². The molecule has 0 aliphatic rings. The van der Waals surface area contributed by atoms with Gasteiger partial charge in [0.2, 0.25) is 5.78 Å². The number of halogens is 1. The second-order valence-electron chi connectivity index (χ2n) is 5.41. The molecule has 4 rings (SSSR count). The minimum atomic E-state index is 0.705. The van der Waals surface area contributed by atoms with Gasteiger partial charge in [0, 0.05) is 41.5 Å². The van der Waals surface area contributed by atoms with Crippen LogP contribution in [0.2, 0.25) is 5.02 Å². The number of hydrogen-bond donors (Lipinski definition) is 0. The Morgan fingerprint density at radius 3 is 2.76 bits per heavy atom. The highest BCUT2D eigenvalue weighted by Crippen LogP contribution is 2.26. The fourth-order valence-corrected chi connectivity index (χ4v) is 3.59. The van der Waals surface area contributed by atoms with Gasteiger partial charge in [-0.1, -0.05) is 23.4 Å². The topological polar surface area (TPSA) is 60.9 Å². The van der Waals surface area contributed by atoms with Crippen LogP contribution in [0.25, 0.3) is 17.2 Å². The standard InChI is InChI=1S/C17H15ClN6S/c1-2-24-15(12-4-6-13(18)7-5-12)21-22-17(24)25-11-14-10-23-9-3-8-19-16(23)20-14/h3-10H,2,11H2,1H3. The Morgan fingerprint density at radius 1 is 1.16 bits per heavy atom. The molecule has 0 radical (unpaired) electrons. The average molecular weight is 371 g/mol. The van der Waals surface area contributed by atoms with Crippen LogP contribution in [-0.2, 0) is 12.3 Å². The Balaban J connectivity index is 1.57. The van der Waals surface area contributed by atoms with E-state index in [9.17, 15) is 0 Å². The van der Waals surface area contributed by atoms with E-state index < -0.39 is 0 Å². The van der Waals surface area contributed by atoms with Crippen molar-refractivity contribution in [1.82, 2.24) is 29.1 Å². The molecule has 3 heterocycles. The van der Waals surface area contributed by atoms with E-state index in [-0.39, 0.29) is 0 Å². The molecule has 0 saturated heterocycles. The molecule has 0 aliphatic heterocycles. The van der Waals surface area contributed by atoms with Crippen LogP contribution in [-0.4, -0.2) is 29.1 Å². The Morgan fingerprint density at radius 2 is 2.00 bits per heavy atom. The summed E-state index contributed by atoms with van der Waals surface area (Å²) in [6.07, 6.45) is 5.67. The predicted molar refractivity (Wildman–Crippen MR) is 98.7 cm³/mol. The molecular formula is C17H15ClN6S. The van der Waals surface area contributed by atoms with Crippen LogP contribution in [0, 0.1) is 0 Å². The minimum Gasteiger partial charge on any atom is -0.302 e. The first-order valence-corrected chi connectivity index (χ1v) is 9.21. The maximum Gasteiger partial charge on any atom is 0.233 e. The average Bonchev–Trinajstić information content (AvgIpc) is 3.23. The zero-order valence-electron chi connectivity index (χ0n) is 13.5. The number of aromatic nitrogens is 6. The first-order valence-electron chi connectivity index (χ1n) is 7.85. The van der Waals surface area contributed by atoms with Gasteiger partial charge in [-0.2, -0.15) is 0 Å². The van der Waals surface area contributed by atoms with Gasteiger partial charge >= 0.3 is 0 Å². The summed E-state index contributed by atoms with van der Waals surface area (Å²) in [5, 5.41) is 10.3. The van der Waals surface area contributed by atoms with Crippen LogP contribution in [0.4, 0.5) is 0 Å². The molecule has 126 valence electrons. The zero-order valence-corrected chi connectivity index (χ0v) is 15.1. The third-order valence-corrected chi connectivity index (χ3v) is 5.02. The van der Waals surface area contributed by atoms with Gasteiger partial charge in [-0.15, -0.1) is 10.2 Å². The van der Waals surface area contributed by atoms with Gasteiger partial charge in [0.05, 0.1) is 5.69 Å². The maximum atomic E-state index is 5.97. The largest absolute Gasteiger partial charge is 0.302 e. The van der Waals surface area contributed by atoms with Crippen molar-refractivity contribution >= 4 is 29.1 Å². The lowest BCUT2D eigenvalue weighted by Crippen LogP contribution is -1.99. The quantitative estimate of drug-likeness (QED) is 0.498. The van der Waals surface area contributed by atoms with E-state index in [0.29, 0.717) is 16.6 Å². The molecule has 0 amide bonds. The SMILES string of the molecule is CCn1c(SCc2cn3cccnc3n2)nnc1-c1ccc(Cl)cc1. The zero-order chi connectivity index (χ0) is 17.2. The van der Waals surface area contributed by atoms with Crippen LogP contribution in [0.15, 0.2) is 54.1 Å². The van der Waals surface area contributed by atoms with E-state index in [1.807, 2.05) is 47.1 Å². The Hall–Kier alpha value is -2.38. The minimum absolute atomic E-state index is 0.705. The predicted octanol–water partition coefficient (Wildman–Crippen LogP) is 3.95. The number of fused-ring (bicyclic) bond motifs is 1. The highest BCUT2D eigenvalue weighted by molar-refractivity contribution is 7.98. The van der Waals surface area contributed by atoms with Crippen LogP contribution in [0.1, 0.15) is 12.6 Å². The van der Waals surface area contributed by atoms with Gasteiger partial charge in [0.1, 0.15) is 0 Å².